The van der Waals surface area contributed by atoms with Crippen LogP contribution in [0.1, 0.15) is 26.3 Å². The van der Waals surface area contributed by atoms with Gasteiger partial charge in [0.1, 0.15) is 5.57 Å². The van der Waals surface area contributed by atoms with Crippen molar-refractivity contribution < 1.29 is 38.1 Å². The maximum Gasteiger partial charge on any atom is 0.348 e. The van der Waals surface area contributed by atoms with E-state index in [2.05, 4.69) is 0 Å². The lowest BCUT2D eigenvalue weighted by molar-refractivity contribution is -0.222. The summed E-state index contributed by atoms with van der Waals surface area (Å²) in [6.07, 6.45) is 1.32. The quantitative estimate of drug-likeness (QED) is 0.429. The van der Waals surface area contributed by atoms with Crippen LogP contribution in [0.5, 0.6) is 11.5 Å². The molecule has 140 valence electrons. The van der Waals surface area contributed by atoms with Crippen LogP contribution in [-0.4, -0.2) is 44.0 Å². The van der Waals surface area contributed by atoms with Gasteiger partial charge < -0.3 is 23.7 Å². The van der Waals surface area contributed by atoms with E-state index in [0.717, 1.165) is 0 Å². The third kappa shape index (κ3) is 4.75. The summed E-state index contributed by atoms with van der Waals surface area (Å²) < 4.78 is 25.5. The van der Waals surface area contributed by atoms with Crippen LogP contribution in [0.2, 0.25) is 0 Å². The molecule has 1 aliphatic heterocycles. The molecule has 0 bridgehead atoms. The summed E-state index contributed by atoms with van der Waals surface area (Å²) in [6.45, 7) is 4.56. The lowest BCUT2D eigenvalue weighted by atomic mass is 10.1. The van der Waals surface area contributed by atoms with Gasteiger partial charge in [-0.25, -0.2) is 14.4 Å². The molecular weight excluding hydrogens is 344 g/mol. The number of esters is 3. The number of hydrogen-bond donors (Lipinski definition) is 0. The Labute approximate surface area is 150 Å². The van der Waals surface area contributed by atoms with Crippen LogP contribution in [0.4, 0.5) is 0 Å². The number of cyclic esters (lactones) is 2. The van der Waals surface area contributed by atoms with Crippen molar-refractivity contribution in [3.63, 3.8) is 0 Å². The van der Waals surface area contributed by atoms with E-state index in [4.69, 9.17) is 23.7 Å². The molecule has 8 nitrogen and oxygen atoms in total. The number of rotatable bonds is 6. The van der Waals surface area contributed by atoms with Crippen molar-refractivity contribution in [2.24, 2.45) is 0 Å². The third-order valence-electron chi connectivity index (χ3n) is 3.27. The van der Waals surface area contributed by atoms with Gasteiger partial charge in [-0.3, -0.25) is 0 Å². The van der Waals surface area contributed by atoms with E-state index in [-0.39, 0.29) is 24.5 Å². The van der Waals surface area contributed by atoms with Crippen LogP contribution in [0.25, 0.3) is 6.08 Å². The van der Waals surface area contributed by atoms with Crippen LogP contribution in [0, 0.1) is 0 Å². The molecule has 2 rings (SSSR count). The second kappa shape index (κ2) is 7.90. The van der Waals surface area contributed by atoms with Crippen LogP contribution >= 0.6 is 0 Å². The monoisotopic (exact) mass is 364 g/mol. The first-order valence-corrected chi connectivity index (χ1v) is 7.90. The lowest BCUT2D eigenvalue weighted by Gasteiger charge is -2.29. The molecule has 1 aliphatic rings. The van der Waals surface area contributed by atoms with E-state index in [1.54, 1.807) is 19.1 Å². The Balaban J connectivity index is 2.25. The number of methoxy groups -OCH3 is 1. The molecule has 26 heavy (non-hydrogen) atoms. The van der Waals surface area contributed by atoms with Gasteiger partial charge in [-0.05, 0) is 30.7 Å². The highest BCUT2D eigenvalue weighted by atomic mass is 16.7. The molecule has 0 N–H and O–H groups in total. The summed E-state index contributed by atoms with van der Waals surface area (Å²) in [7, 11) is 1.45. The highest BCUT2D eigenvalue weighted by Gasteiger charge is 2.38. The summed E-state index contributed by atoms with van der Waals surface area (Å²) in [5, 5.41) is 0. The Hall–Kier alpha value is -3.03. The molecule has 1 aromatic carbocycles. The van der Waals surface area contributed by atoms with Crippen molar-refractivity contribution in [3.8, 4) is 11.5 Å². The zero-order valence-electron chi connectivity index (χ0n) is 15.0. The topological polar surface area (TPSA) is 97.4 Å². The number of carbonyl (C=O) groups excluding carboxylic acids is 3. The smallest absolute Gasteiger partial charge is 0.348 e. The predicted octanol–water partition coefficient (Wildman–Crippen LogP) is 1.86. The molecule has 1 fully saturated rings. The van der Waals surface area contributed by atoms with E-state index in [1.165, 1.54) is 33.1 Å². The first-order valence-electron chi connectivity index (χ1n) is 7.90. The Morgan fingerprint density at radius 2 is 1.81 bits per heavy atom. The summed E-state index contributed by atoms with van der Waals surface area (Å²) in [4.78, 5) is 35.5. The normalized spacial score (nSPS) is 15.6. The van der Waals surface area contributed by atoms with Gasteiger partial charge in [0.15, 0.2) is 18.1 Å². The number of ether oxygens (including phenoxy) is 5. The van der Waals surface area contributed by atoms with Gasteiger partial charge >= 0.3 is 17.9 Å². The maximum atomic E-state index is 12.0. The summed E-state index contributed by atoms with van der Waals surface area (Å²) >= 11 is 0. The van der Waals surface area contributed by atoms with Crippen LogP contribution in [-0.2, 0) is 28.6 Å². The second-order valence-corrected chi connectivity index (χ2v) is 5.74. The van der Waals surface area contributed by atoms with Crippen molar-refractivity contribution in [2.45, 2.75) is 26.6 Å². The zero-order chi connectivity index (χ0) is 19.3. The molecular formula is C18H20O8. The van der Waals surface area contributed by atoms with Gasteiger partial charge in [0.2, 0.25) is 0 Å². The number of hydrogen-bond acceptors (Lipinski definition) is 8. The third-order valence-corrected chi connectivity index (χ3v) is 3.27. The van der Waals surface area contributed by atoms with Crippen LogP contribution < -0.4 is 9.47 Å². The van der Waals surface area contributed by atoms with Crippen LogP contribution in [0.3, 0.4) is 0 Å². The molecule has 0 aromatic heterocycles. The summed E-state index contributed by atoms with van der Waals surface area (Å²) in [6, 6.07) is 4.71. The average Bonchev–Trinajstić information content (AvgIpc) is 2.56. The molecule has 0 aliphatic carbocycles. The Kier molecular flexibility index (Phi) is 5.86. The maximum absolute atomic E-state index is 12.0. The fourth-order valence-electron chi connectivity index (χ4n) is 2.18. The molecule has 1 heterocycles. The fourth-order valence-corrected chi connectivity index (χ4v) is 2.18. The highest BCUT2D eigenvalue weighted by Crippen LogP contribution is 2.30. The van der Waals surface area contributed by atoms with Gasteiger partial charge in [0.05, 0.1) is 13.7 Å². The molecule has 1 saturated heterocycles. The van der Waals surface area contributed by atoms with Gasteiger partial charge in [0, 0.05) is 13.8 Å². The molecule has 0 amide bonds. The van der Waals surface area contributed by atoms with Gasteiger partial charge in [-0.2, -0.15) is 0 Å². The van der Waals surface area contributed by atoms with E-state index in [9.17, 15) is 14.4 Å². The first kappa shape index (κ1) is 19.3. The van der Waals surface area contributed by atoms with E-state index >= 15 is 0 Å². The van der Waals surface area contributed by atoms with Crippen molar-refractivity contribution in [3.05, 3.63) is 29.3 Å². The SMILES string of the molecule is CCOC(=O)COc1cc(C=C2C(=O)OC(C)(C)OC2=O)ccc1OC. The van der Waals surface area contributed by atoms with Gasteiger partial charge in [-0.1, -0.05) is 6.07 Å². The minimum Gasteiger partial charge on any atom is -0.493 e. The molecule has 0 spiro atoms. The average molecular weight is 364 g/mol. The van der Waals surface area contributed by atoms with Crippen LogP contribution in [0.15, 0.2) is 23.8 Å². The Bertz CT molecular complexity index is 726. The zero-order valence-corrected chi connectivity index (χ0v) is 15.0. The van der Waals surface area contributed by atoms with Crippen molar-refractivity contribution >= 4 is 24.0 Å². The van der Waals surface area contributed by atoms with Gasteiger partial charge in [0.25, 0.3) is 5.79 Å². The molecule has 1 aromatic rings. The lowest BCUT2D eigenvalue weighted by Crippen LogP contribution is -2.41. The summed E-state index contributed by atoms with van der Waals surface area (Å²) in [5.41, 5.74) is 0.221. The fraction of sp³-hybridized carbons (Fsp3) is 0.389. The largest absolute Gasteiger partial charge is 0.493 e. The molecule has 0 saturated carbocycles. The minimum absolute atomic E-state index is 0.242. The standard InChI is InChI=1S/C18H20O8/c1-5-23-15(19)10-24-14-9-11(6-7-13(14)22-4)8-12-16(20)25-18(2,3)26-17(12)21/h6-9H,5,10H2,1-4H3. The Morgan fingerprint density at radius 3 is 2.38 bits per heavy atom. The van der Waals surface area contributed by atoms with Crippen molar-refractivity contribution in [1.82, 2.24) is 0 Å². The van der Waals surface area contributed by atoms with E-state index in [0.29, 0.717) is 11.3 Å². The van der Waals surface area contributed by atoms with Crippen molar-refractivity contribution in [2.75, 3.05) is 20.3 Å². The van der Waals surface area contributed by atoms with E-state index in [1.807, 2.05) is 0 Å². The van der Waals surface area contributed by atoms with Gasteiger partial charge in [-0.15, -0.1) is 0 Å². The highest BCUT2D eigenvalue weighted by molar-refractivity contribution is 6.18. The number of carbonyl (C=O) groups is 3. The molecule has 0 unspecified atom stereocenters. The summed E-state index contributed by atoms with van der Waals surface area (Å²) in [5.74, 6) is -2.76. The molecule has 8 heteroatoms. The first-order chi connectivity index (χ1) is 12.3. The second-order valence-electron chi connectivity index (χ2n) is 5.74. The molecule has 0 radical (unpaired) electrons. The van der Waals surface area contributed by atoms with E-state index < -0.39 is 23.7 Å². The Morgan fingerprint density at radius 1 is 1.15 bits per heavy atom. The minimum atomic E-state index is -1.31. The van der Waals surface area contributed by atoms with Crippen molar-refractivity contribution in [1.29, 1.82) is 0 Å². The molecule has 0 atom stereocenters. The number of benzene rings is 1. The predicted molar refractivity (Wildman–Crippen MR) is 89.4 cm³/mol.